The maximum atomic E-state index is 12.1. The fourth-order valence-corrected chi connectivity index (χ4v) is 4.24. The van der Waals surface area contributed by atoms with Gasteiger partial charge in [0.2, 0.25) is 15.9 Å². The second-order valence-corrected chi connectivity index (χ2v) is 9.68. The molecule has 1 amide bonds. The summed E-state index contributed by atoms with van der Waals surface area (Å²) in [5.41, 5.74) is 5.63. The van der Waals surface area contributed by atoms with Crippen LogP contribution in [0.2, 0.25) is 0 Å². The zero-order valence-corrected chi connectivity index (χ0v) is 16.8. The molecule has 2 N–H and O–H groups in total. The molecule has 0 aromatic heterocycles. The first-order valence-electron chi connectivity index (χ1n) is 9.21. The van der Waals surface area contributed by atoms with Crippen LogP contribution in [-0.4, -0.2) is 25.6 Å². The molecular formula is C21H26N2O3S. The minimum absolute atomic E-state index is 0.0483. The highest BCUT2D eigenvalue weighted by Gasteiger charge is 2.27. The first kappa shape index (κ1) is 19.6. The molecule has 6 heteroatoms. The number of hydrogen-bond acceptors (Lipinski definition) is 3. The molecule has 2 aromatic rings. The molecule has 5 nitrogen and oxygen atoms in total. The molecule has 1 unspecified atom stereocenters. The number of sulfonamides is 1. The average molecular weight is 387 g/mol. The van der Waals surface area contributed by atoms with E-state index in [1.54, 1.807) is 13.8 Å². The van der Waals surface area contributed by atoms with E-state index < -0.39 is 15.3 Å². The highest BCUT2D eigenvalue weighted by Crippen LogP contribution is 2.29. The van der Waals surface area contributed by atoms with Gasteiger partial charge in [-0.25, -0.2) is 13.1 Å². The Balaban J connectivity index is 1.76. The van der Waals surface area contributed by atoms with E-state index in [-0.39, 0.29) is 11.9 Å². The lowest BCUT2D eigenvalue weighted by Gasteiger charge is -2.14. The van der Waals surface area contributed by atoms with Crippen molar-refractivity contribution < 1.29 is 13.2 Å². The quantitative estimate of drug-likeness (QED) is 0.802. The van der Waals surface area contributed by atoms with Crippen LogP contribution in [0.3, 0.4) is 0 Å². The summed E-state index contributed by atoms with van der Waals surface area (Å²) in [5, 5.41) is 2.39. The maximum absolute atomic E-state index is 12.1. The summed E-state index contributed by atoms with van der Waals surface area (Å²) >= 11 is 0. The molecule has 3 rings (SSSR count). The van der Waals surface area contributed by atoms with Gasteiger partial charge in [-0.05, 0) is 60.6 Å². The van der Waals surface area contributed by atoms with Crippen LogP contribution in [0.15, 0.2) is 42.5 Å². The maximum Gasteiger partial charge on any atom is 0.217 e. The predicted molar refractivity (Wildman–Crippen MR) is 108 cm³/mol. The van der Waals surface area contributed by atoms with Gasteiger partial charge in [-0.15, -0.1) is 0 Å². The molecule has 0 bridgehead atoms. The van der Waals surface area contributed by atoms with Crippen LogP contribution in [-0.2, 0) is 34.2 Å². The molecule has 27 heavy (non-hydrogen) atoms. The van der Waals surface area contributed by atoms with Gasteiger partial charge < -0.3 is 5.32 Å². The van der Waals surface area contributed by atoms with Crippen molar-refractivity contribution in [1.29, 1.82) is 0 Å². The van der Waals surface area contributed by atoms with E-state index in [1.807, 2.05) is 18.2 Å². The Bertz CT molecular complexity index is 952. The molecule has 1 atom stereocenters. The lowest BCUT2D eigenvalue weighted by atomic mass is 9.99. The van der Waals surface area contributed by atoms with Gasteiger partial charge in [0, 0.05) is 19.5 Å². The first-order chi connectivity index (χ1) is 12.7. The summed E-state index contributed by atoms with van der Waals surface area (Å²) in [7, 11) is -3.27. The fourth-order valence-electron chi connectivity index (χ4n) is 3.34. The van der Waals surface area contributed by atoms with E-state index in [0.29, 0.717) is 13.0 Å². The van der Waals surface area contributed by atoms with E-state index in [0.717, 1.165) is 23.1 Å². The third-order valence-electron chi connectivity index (χ3n) is 4.89. The van der Waals surface area contributed by atoms with E-state index in [9.17, 15) is 13.2 Å². The van der Waals surface area contributed by atoms with Gasteiger partial charge in [0.1, 0.15) is 0 Å². The van der Waals surface area contributed by atoms with Crippen LogP contribution >= 0.6 is 0 Å². The monoisotopic (exact) mass is 386 g/mol. The van der Waals surface area contributed by atoms with Gasteiger partial charge in [-0.1, -0.05) is 36.4 Å². The minimum Gasteiger partial charge on any atom is -0.352 e. The third kappa shape index (κ3) is 4.76. The van der Waals surface area contributed by atoms with E-state index in [1.165, 1.54) is 18.1 Å². The van der Waals surface area contributed by atoms with Gasteiger partial charge in [-0.2, -0.15) is 0 Å². The Hall–Kier alpha value is -2.18. The number of rotatable bonds is 6. The lowest BCUT2D eigenvalue weighted by Crippen LogP contribution is -2.39. The summed E-state index contributed by atoms with van der Waals surface area (Å²) in [6.07, 6.45) is 1.44. The Labute approximate surface area is 161 Å². The van der Waals surface area contributed by atoms with Crippen molar-refractivity contribution in [1.82, 2.24) is 10.0 Å². The van der Waals surface area contributed by atoms with Crippen LogP contribution in [0.4, 0.5) is 0 Å². The lowest BCUT2D eigenvalue weighted by molar-refractivity contribution is -0.119. The molecule has 0 aliphatic heterocycles. The van der Waals surface area contributed by atoms with E-state index in [4.69, 9.17) is 0 Å². The standard InChI is InChI=1S/C21H26N2O3S/c1-14(2)27(25,26)23-21-11-19-8-7-18(10-20(19)12-21)17-6-4-5-16(9-17)13-22-15(3)24/h4-10,14,21,23H,11-13H2,1-3H3,(H,22,24). The van der Waals surface area contributed by atoms with Gasteiger partial charge in [-0.3, -0.25) is 4.79 Å². The number of carbonyl (C=O) groups excluding carboxylic acids is 1. The molecule has 144 valence electrons. The molecule has 0 spiro atoms. The first-order valence-corrected chi connectivity index (χ1v) is 10.8. The van der Waals surface area contributed by atoms with Crippen molar-refractivity contribution in [2.24, 2.45) is 0 Å². The van der Waals surface area contributed by atoms with Crippen molar-refractivity contribution in [2.75, 3.05) is 0 Å². The molecule has 0 saturated carbocycles. The second-order valence-electron chi connectivity index (χ2n) is 7.41. The molecule has 1 aliphatic rings. The van der Waals surface area contributed by atoms with Crippen LogP contribution in [0, 0.1) is 0 Å². The Kier molecular flexibility index (Phi) is 5.67. The SMILES string of the molecule is CC(=O)NCc1cccc(-c2ccc3c(c2)CC(NS(=O)(=O)C(C)C)C3)c1. The highest BCUT2D eigenvalue weighted by atomic mass is 32.2. The topological polar surface area (TPSA) is 75.3 Å². The second kappa shape index (κ2) is 7.82. The normalized spacial score (nSPS) is 16.4. The summed E-state index contributed by atoms with van der Waals surface area (Å²) in [4.78, 5) is 11.1. The van der Waals surface area contributed by atoms with Gasteiger partial charge in [0.15, 0.2) is 0 Å². The fraction of sp³-hybridized carbons (Fsp3) is 0.381. The number of carbonyl (C=O) groups is 1. The predicted octanol–water partition coefficient (Wildman–Crippen LogP) is 2.78. The number of hydrogen-bond donors (Lipinski definition) is 2. The average Bonchev–Trinajstić information content (AvgIpc) is 3.00. The van der Waals surface area contributed by atoms with Crippen molar-refractivity contribution in [3.63, 3.8) is 0 Å². The van der Waals surface area contributed by atoms with Gasteiger partial charge >= 0.3 is 0 Å². The molecule has 0 heterocycles. The van der Waals surface area contributed by atoms with Crippen LogP contribution in [0.25, 0.3) is 11.1 Å². The summed E-state index contributed by atoms with van der Waals surface area (Å²) in [5.74, 6) is -0.0483. The molecule has 0 saturated heterocycles. The number of fused-ring (bicyclic) bond motifs is 1. The highest BCUT2D eigenvalue weighted by molar-refractivity contribution is 7.90. The van der Waals surface area contributed by atoms with Crippen LogP contribution in [0.1, 0.15) is 37.5 Å². The number of nitrogens with one attached hydrogen (secondary N) is 2. The molecule has 1 aliphatic carbocycles. The minimum atomic E-state index is -3.27. The van der Waals surface area contributed by atoms with Crippen molar-refractivity contribution in [3.8, 4) is 11.1 Å². The summed E-state index contributed by atoms with van der Waals surface area (Å²) in [6.45, 7) is 5.40. The van der Waals surface area contributed by atoms with E-state index >= 15 is 0 Å². The molecule has 0 radical (unpaired) electrons. The Morgan fingerprint density at radius 2 is 1.78 bits per heavy atom. The summed E-state index contributed by atoms with van der Waals surface area (Å²) in [6, 6.07) is 14.3. The van der Waals surface area contributed by atoms with E-state index in [2.05, 4.69) is 34.3 Å². The van der Waals surface area contributed by atoms with Crippen molar-refractivity contribution >= 4 is 15.9 Å². The Morgan fingerprint density at radius 3 is 2.48 bits per heavy atom. The molecule has 0 fully saturated rings. The van der Waals surface area contributed by atoms with Gasteiger partial charge in [0.25, 0.3) is 0 Å². The van der Waals surface area contributed by atoms with Crippen LogP contribution in [0.5, 0.6) is 0 Å². The van der Waals surface area contributed by atoms with Gasteiger partial charge in [0.05, 0.1) is 5.25 Å². The van der Waals surface area contributed by atoms with Crippen molar-refractivity contribution in [2.45, 2.75) is 51.4 Å². The largest absolute Gasteiger partial charge is 0.352 e. The Morgan fingerprint density at radius 1 is 1.07 bits per heavy atom. The molecular weight excluding hydrogens is 360 g/mol. The molecule has 2 aromatic carbocycles. The van der Waals surface area contributed by atoms with Crippen molar-refractivity contribution in [3.05, 3.63) is 59.2 Å². The van der Waals surface area contributed by atoms with Crippen LogP contribution < -0.4 is 10.0 Å². The number of amides is 1. The zero-order valence-electron chi connectivity index (χ0n) is 16.0. The smallest absolute Gasteiger partial charge is 0.217 e. The zero-order chi connectivity index (χ0) is 19.6. The summed E-state index contributed by atoms with van der Waals surface area (Å²) < 4.78 is 27.1. The number of benzene rings is 2. The third-order valence-corrected chi connectivity index (χ3v) is 6.80.